The molecule has 0 saturated heterocycles. The second-order valence-electron chi connectivity index (χ2n) is 8.58. The summed E-state index contributed by atoms with van der Waals surface area (Å²) >= 11 is 3.56. The molecule has 3 aromatic rings. The average molecular weight is 473 g/mol. The number of pyridine rings is 1. The van der Waals surface area contributed by atoms with Gasteiger partial charge in [0.25, 0.3) is 5.91 Å². The number of rotatable bonds is 7. The van der Waals surface area contributed by atoms with Gasteiger partial charge in [0.15, 0.2) is 5.65 Å². The van der Waals surface area contributed by atoms with Gasteiger partial charge in [-0.15, -0.1) is 0 Å². The number of fused-ring (bicyclic) bond motifs is 1. The number of carbonyl (C=O) groups is 1. The van der Waals surface area contributed by atoms with Gasteiger partial charge in [-0.25, -0.2) is 9.37 Å². The monoisotopic (exact) mass is 472 g/mol. The van der Waals surface area contributed by atoms with Crippen LogP contribution in [-0.2, 0) is 0 Å². The van der Waals surface area contributed by atoms with Crippen LogP contribution in [0.3, 0.4) is 0 Å². The second kappa shape index (κ2) is 8.02. The summed E-state index contributed by atoms with van der Waals surface area (Å²) in [5, 5.41) is 6.35. The van der Waals surface area contributed by atoms with Crippen LogP contribution in [0.4, 0.5) is 10.1 Å². The summed E-state index contributed by atoms with van der Waals surface area (Å²) in [5.41, 5.74) is 3.95. The maximum atomic E-state index is 13.8. The molecule has 0 atom stereocenters. The lowest BCUT2D eigenvalue weighted by atomic mass is 10.0. The highest BCUT2D eigenvalue weighted by Crippen LogP contribution is 2.29. The van der Waals surface area contributed by atoms with Crippen molar-refractivity contribution in [3.05, 3.63) is 52.3 Å². The number of amides is 1. The lowest BCUT2D eigenvalue weighted by Gasteiger charge is -2.15. The number of nitrogens with one attached hydrogen (secondary N) is 2. The molecule has 158 valence electrons. The van der Waals surface area contributed by atoms with Crippen LogP contribution in [0.15, 0.2) is 41.1 Å². The van der Waals surface area contributed by atoms with Crippen molar-refractivity contribution in [3.8, 4) is 11.3 Å². The third-order valence-electron chi connectivity index (χ3n) is 5.29. The van der Waals surface area contributed by atoms with Crippen LogP contribution in [0.5, 0.6) is 0 Å². The lowest BCUT2D eigenvalue weighted by molar-refractivity contribution is 0.0950. The first-order chi connectivity index (χ1) is 14.2. The summed E-state index contributed by atoms with van der Waals surface area (Å²) in [5.74, 6) is -0.00953. The van der Waals surface area contributed by atoms with Crippen LogP contribution in [-0.4, -0.2) is 33.5 Å². The molecular weight excluding hydrogens is 447 g/mol. The molecule has 2 aromatic heterocycles. The third-order valence-corrected chi connectivity index (χ3v) is 5.72. The van der Waals surface area contributed by atoms with Crippen molar-refractivity contribution in [1.82, 2.24) is 14.7 Å². The molecule has 1 aliphatic rings. The number of hydrogen-bond donors (Lipinski definition) is 2. The molecular formula is C23H26BrFN4O. The van der Waals surface area contributed by atoms with Gasteiger partial charge >= 0.3 is 0 Å². The van der Waals surface area contributed by atoms with E-state index in [1.54, 1.807) is 13.8 Å². The van der Waals surface area contributed by atoms with E-state index < -0.39 is 5.67 Å². The Bertz CT molecular complexity index is 1100. The number of aromatic nitrogens is 2. The number of anilines is 1. The summed E-state index contributed by atoms with van der Waals surface area (Å²) in [6.45, 7) is 5.63. The molecule has 4 rings (SSSR count). The predicted octanol–water partition coefficient (Wildman–Crippen LogP) is 5.51. The van der Waals surface area contributed by atoms with E-state index in [-0.39, 0.29) is 5.91 Å². The smallest absolute Gasteiger partial charge is 0.251 e. The SMILES string of the molecule is Cc1cc(-c2cnc3c(NCCC(C)(C)F)cc(Br)cn23)ccc1C(=O)NC1CC1. The van der Waals surface area contributed by atoms with E-state index in [2.05, 4.69) is 31.5 Å². The molecule has 0 radical (unpaired) electrons. The number of carbonyl (C=O) groups excluding carboxylic acids is 1. The van der Waals surface area contributed by atoms with Crippen LogP contribution >= 0.6 is 15.9 Å². The van der Waals surface area contributed by atoms with Crippen molar-refractivity contribution in [1.29, 1.82) is 0 Å². The Morgan fingerprint density at radius 1 is 1.33 bits per heavy atom. The fourth-order valence-electron chi connectivity index (χ4n) is 3.46. The molecule has 2 heterocycles. The Hall–Kier alpha value is -2.41. The minimum atomic E-state index is -1.22. The summed E-state index contributed by atoms with van der Waals surface area (Å²) in [6.07, 6.45) is 6.33. The van der Waals surface area contributed by atoms with Gasteiger partial charge in [0.1, 0.15) is 5.67 Å². The van der Waals surface area contributed by atoms with E-state index in [1.165, 1.54) is 0 Å². The van der Waals surface area contributed by atoms with Gasteiger partial charge in [0.05, 0.1) is 17.6 Å². The van der Waals surface area contributed by atoms with Gasteiger partial charge in [0.2, 0.25) is 0 Å². The molecule has 1 aromatic carbocycles. The fourth-order valence-corrected chi connectivity index (χ4v) is 3.89. The van der Waals surface area contributed by atoms with Crippen LogP contribution in [0, 0.1) is 6.92 Å². The maximum Gasteiger partial charge on any atom is 0.251 e. The number of benzene rings is 1. The number of imidazole rings is 1. The summed E-state index contributed by atoms with van der Waals surface area (Å²) < 4.78 is 16.7. The van der Waals surface area contributed by atoms with Gasteiger partial charge < -0.3 is 10.6 Å². The number of halogens is 2. The van der Waals surface area contributed by atoms with E-state index in [1.807, 2.05) is 48.0 Å². The molecule has 0 unspecified atom stereocenters. The highest BCUT2D eigenvalue weighted by molar-refractivity contribution is 9.10. The first-order valence-corrected chi connectivity index (χ1v) is 11.0. The van der Waals surface area contributed by atoms with Gasteiger partial charge in [-0.05, 0) is 79.7 Å². The summed E-state index contributed by atoms with van der Waals surface area (Å²) in [4.78, 5) is 17.0. The molecule has 1 amide bonds. The van der Waals surface area contributed by atoms with Crippen molar-refractivity contribution in [2.24, 2.45) is 0 Å². The standard InChI is InChI=1S/C23H26BrFN4O/c1-14-10-15(4-7-18(14)22(30)28-17-5-6-17)20-12-27-21-19(11-16(24)13-29(20)21)26-9-8-23(2,3)25/h4,7,10-13,17,26H,5-6,8-9H2,1-3H3,(H,28,30). The van der Waals surface area contributed by atoms with E-state index in [0.29, 0.717) is 24.6 Å². The zero-order valence-electron chi connectivity index (χ0n) is 17.4. The van der Waals surface area contributed by atoms with Crippen molar-refractivity contribution >= 4 is 33.2 Å². The van der Waals surface area contributed by atoms with Crippen molar-refractivity contribution in [3.63, 3.8) is 0 Å². The fraction of sp³-hybridized carbons (Fsp3) is 0.391. The molecule has 0 bridgehead atoms. The molecule has 5 nitrogen and oxygen atoms in total. The number of hydrogen-bond acceptors (Lipinski definition) is 3. The average Bonchev–Trinajstić information content (AvgIpc) is 3.36. The Balaban J connectivity index is 1.63. The molecule has 2 N–H and O–H groups in total. The zero-order chi connectivity index (χ0) is 21.5. The molecule has 1 saturated carbocycles. The molecule has 1 aliphatic carbocycles. The third kappa shape index (κ3) is 4.67. The van der Waals surface area contributed by atoms with Crippen LogP contribution in [0.2, 0.25) is 0 Å². The number of aryl methyl sites for hydroxylation is 1. The van der Waals surface area contributed by atoms with Crippen LogP contribution < -0.4 is 10.6 Å². The van der Waals surface area contributed by atoms with E-state index in [9.17, 15) is 9.18 Å². The topological polar surface area (TPSA) is 58.4 Å². The number of alkyl halides is 1. The zero-order valence-corrected chi connectivity index (χ0v) is 19.0. The highest BCUT2D eigenvalue weighted by atomic mass is 79.9. The molecule has 1 fully saturated rings. The van der Waals surface area contributed by atoms with Crippen LogP contribution in [0.25, 0.3) is 16.9 Å². The Morgan fingerprint density at radius 3 is 2.77 bits per heavy atom. The quantitative estimate of drug-likeness (QED) is 0.476. The van der Waals surface area contributed by atoms with Gasteiger partial charge in [0, 0.05) is 34.4 Å². The lowest BCUT2D eigenvalue weighted by Crippen LogP contribution is -2.26. The molecule has 30 heavy (non-hydrogen) atoms. The molecule has 0 aliphatic heterocycles. The molecule has 7 heteroatoms. The van der Waals surface area contributed by atoms with Crippen molar-refractivity contribution < 1.29 is 9.18 Å². The van der Waals surface area contributed by atoms with Gasteiger partial charge in [-0.3, -0.25) is 9.20 Å². The van der Waals surface area contributed by atoms with Crippen molar-refractivity contribution in [2.45, 2.75) is 51.7 Å². The van der Waals surface area contributed by atoms with E-state index in [4.69, 9.17) is 0 Å². The Morgan fingerprint density at radius 2 is 2.10 bits per heavy atom. The first kappa shape index (κ1) is 20.8. The van der Waals surface area contributed by atoms with Crippen LogP contribution in [0.1, 0.15) is 49.0 Å². The largest absolute Gasteiger partial charge is 0.382 e. The highest BCUT2D eigenvalue weighted by Gasteiger charge is 2.24. The second-order valence-corrected chi connectivity index (χ2v) is 9.50. The normalized spacial score (nSPS) is 14.2. The molecule has 0 spiro atoms. The Kier molecular flexibility index (Phi) is 5.57. The van der Waals surface area contributed by atoms with Crippen molar-refractivity contribution in [2.75, 3.05) is 11.9 Å². The summed E-state index contributed by atoms with van der Waals surface area (Å²) in [7, 11) is 0. The van der Waals surface area contributed by atoms with Gasteiger partial charge in [-0.1, -0.05) is 6.07 Å². The first-order valence-electron chi connectivity index (χ1n) is 10.2. The van der Waals surface area contributed by atoms with E-state index in [0.717, 1.165) is 45.5 Å². The minimum absolute atomic E-state index is 0.00953. The predicted molar refractivity (Wildman–Crippen MR) is 122 cm³/mol. The summed E-state index contributed by atoms with van der Waals surface area (Å²) in [6, 6.07) is 8.14. The minimum Gasteiger partial charge on any atom is -0.382 e. The Labute approximate surface area is 184 Å². The number of nitrogens with zero attached hydrogens (tertiary/aromatic N) is 2. The van der Waals surface area contributed by atoms with E-state index >= 15 is 0 Å². The van der Waals surface area contributed by atoms with Gasteiger partial charge in [-0.2, -0.15) is 0 Å². The maximum absolute atomic E-state index is 13.8.